The van der Waals surface area contributed by atoms with Crippen LogP contribution >= 0.6 is 70.9 Å². The molecule has 0 aromatic heterocycles. The van der Waals surface area contributed by atoms with Crippen LogP contribution in [0.5, 0.6) is 0 Å². The monoisotopic (exact) mass is 670 g/mol. The van der Waals surface area contributed by atoms with E-state index in [1.807, 2.05) is 60.1 Å². The van der Waals surface area contributed by atoms with Gasteiger partial charge in [-0.25, -0.2) is 0 Å². The number of nitrogens with zero attached hydrogens (tertiary/aromatic N) is 6. The van der Waals surface area contributed by atoms with E-state index >= 15 is 0 Å². The van der Waals surface area contributed by atoms with Crippen LogP contribution in [0.15, 0.2) is 70.9 Å². The Morgan fingerprint density at radius 2 is 0.929 bits per heavy atom. The molecule has 2 aromatic carbocycles. The van der Waals surface area contributed by atoms with Gasteiger partial charge in [-0.1, -0.05) is 0 Å². The van der Waals surface area contributed by atoms with Gasteiger partial charge >= 0.3 is 197 Å². The molecule has 3 aliphatic rings. The molecule has 1 fully saturated rings. The maximum atomic E-state index is 4.95. The summed E-state index contributed by atoms with van der Waals surface area (Å²) in [4.78, 5) is 0. The van der Waals surface area contributed by atoms with E-state index in [0.29, 0.717) is 0 Å². The Morgan fingerprint density at radius 3 is 1.25 bits per heavy atom. The molecule has 0 atom stereocenters. The van der Waals surface area contributed by atoms with Crippen molar-refractivity contribution in [1.29, 1.82) is 0 Å². The minimum atomic E-state index is -3.16. The fraction of sp³-hybridized carbons (Fsp3) is 0.125. The Bertz CT molecular complexity index is 960. The fourth-order valence-corrected chi connectivity index (χ4v) is 50.6. The molecule has 0 bridgehead atoms. The van der Waals surface area contributed by atoms with Crippen molar-refractivity contribution in [1.82, 2.24) is 18.4 Å². The zero-order valence-electron chi connectivity index (χ0n) is 14.9. The van der Waals surface area contributed by atoms with Gasteiger partial charge in [0.2, 0.25) is 0 Å². The predicted molar refractivity (Wildman–Crippen MR) is 135 cm³/mol. The van der Waals surface area contributed by atoms with E-state index in [0.717, 1.165) is 22.8 Å². The van der Waals surface area contributed by atoms with Crippen molar-refractivity contribution in [2.75, 3.05) is 14.1 Å². The zero-order valence-corrected chi connectivity index (χ0v) is 23.0. The Balaban J connectivity index is 1.73. The molecule has 1 saturated heterocycles. The zero-order chi connectivity index (χ0) is 20.0. The van der Waals surface area contributed by atoms with Gasteiger partial charge in [0, 0.05) is 0 Å². The molecule has 0 aliphatic carbocycles. The summed E-state index contributed by atoms with van der Waals surface area (Å²) in [5.74, 6) is 1.77. The molecule has 3 heterocycles. The number of benzene rings is 2. The van der Waals surface area contributed by atoms with E-state index in [1.165, 1.54) is 0 Å². The average Bonchev–Trinajstić information content (AvgIpc) is 3.00. The van der Waals surface area contributed by atoms with Gasteiger partial charge < -0.3 is 0 Å². The van der Waals surface area contributed by atoms with Gasteiger partial charge in [-0.2, -0.15) is 0 Å². The molecule has 148 valence electrons. The van der Waals surface area contributed by atoms with Crippen molar-refractivity contribution in [3.8, 4) is 0 Å². The van der Waals surface area contributed by atoms with Crippen LogP contribution in [0.3, 0.4) is 0 Å². The number of amidine groups is 2. The van der Waals surface area contributed by atoms with E-state index < -0.39 is 8.92 Å². The second kappa shape index (κ2) is 5.71. The summed E-state index contributed by atoms with van der Waals surface area (Å²) >= 11 is 16.5. The van der Waals surface area contributed by atoms with Gasteiger partial charge in [-0.15, -0.1) is 0 Å². The maximum absolute atomic E-state index is 4.95. The average molecular weight is 674 g/mol. The summed E-state index contributed by atoms with van der Waals surface area (Å²) in [6.07, 6.45) is 0. The van der Waals surface area contributed by atoms with Crippen LogP contribution in [0, 0.1) is 0 Å². The van der Waals surface area contributed by atoms with Crippen molar-refractivity contribution >= 4 is 82.5 Å². The van der Waals surface area contributed by atoms with Crippen molar-refractivity contribution in [2.45, 2.75) is 0 Å². The number of rotatable bonds is 2. The molecule has 3 aliphatic heterocycles. The Labute approximate surface area is 195 Å². The van der Waals surface area contributed by atoms with Gasteiger partial charge in [-0.3, -0.25) is 0 Å². The molecule has 0 spiro atoms. The normalized spacial score (nSPS) is 27.9. The number of hydrogen-bond donors (Lipinski definition) is 0. The second-order valence-electron chi connectivity index (χ2n) is 6.71. The second-order valence-corrected chi connectivity index (χ2v) is 34.6. The first-order valence-corrected chi connectivity index (χ1v) is 20.6. The quantitative estimate of drug-likeness (QED) is 0.320. The van der Waals surface area contributed by atoms with Gasteiger partial charge in [0.05, 0.1) is 0 Å². The van der Waals surface area contributed by atoms with E-state index in [9.17, 15) is 0 Å². The van der Waals surface area contributed by atoms with E-state index in [2.05, 4.69) is 95.1 Å². The molecule has 0 unspecified atom stereocenters. The Kier molecular flexibility index (Phi) is 4.02. The third kappa shape index (κ3) is 2.05. The predicted octanol–water partition coefficient (Wildman–Crippen LogP) is 7.05. The number of hydrogen-bond acceptors (Lipinski definition) is 6. The van der Waals surface area contributed by atoms with Crippen LogP contribution in [0.1, 0.15) is 11.1 Å². The van der Waals surface area contributed by atoms with Crippen LogP contribution < -0.4 is 0 Å². The molecule has 6 nitrogen and oxygen atoms in total. The van der Waals surface area contributed by atoms with Crippen LogP contribution in [-0.4, -0.2) is 44.2 Å². The summed E-state index contributed by atoms with van der Waals surface area (Å²) in [5.41, 5.74) is 2.09. The number of halogens is 4. The summed E-state index contributed by atoms with van der Waals surface area (Å²) < 4.78 is 2.32. The molecule has 0 amide bonds. The molecule has 0 radical (unpaired) electrons. The van der Waals surface area contributed by atoms with E-state index in [-0.39, 0.29) is 0 Å². The first-order valence-electron chi connectivity index (χ1n) is 8.39. The van der Waals surface area contributed by atoms with Crippen LogP contribution in [0.25, 0.3) is 0 Å². The fourth-order valence-electron chi connectivity index (χ4n) is 3.75. The molecule has 28 heavy (non-hydrogen) atoms. The summed E-state index contributed by atoms with van der Waals surface area (Å²) in [6.45, 7) is 0. The third-order valence-corrected chi connectivity index (χ3v) is 33.5. The number of hydrazone groups is 2. The molecule has 5 rings (SSSR count). The molecular formula is C16H16Br4N6P2. The van der Waals surface area contributed by atoms with Crippen LogP contribution in [0.2, 0.25) is 0 Å². The SMILES string of the molecule is CN1N=C(c2ccccc2)N2P1(Br)(Br)N1C(c3ccccc3)=NN(C)P21(Br)Br. The topological polar surface area (TPSA) is 37.7 Å². The molecule has 0 N–H and O–H groups in total. The van der Waals surface area contributed by atoms with Gasteiger partial charge in [0.1, 0.15) is 0 Å². The van der Waals surface area contributed by atoms with Crippen molar-refractivity contribution in [3.63, 3.8) is 0 Å². The van der Waals surface area contributed by atoms with Gasteiger partial charge in [0.25, 0.3) is 0 Å². The van der Waals surface area contributed by atoms with E-state index in [1.54, 1.807) is 0 Å². The van der Waals surface area contributed by atoms with Gasteiger partial charge in [0.15, 0.2) is 0 Å². The Hall–Kier alpha value is -0.240. The first-order chi connectivity index (χ1) is 13.1. The summed E-state index contributed by atoms with van der Waals surface area (Å²) in [7, 11) is 3.97. The van der Waals surface area contributed by atoms with E-state index in [4.69, 9.17) is 10.2 Å². The Morgan fingerprint density at radius 1 is 0.607 bits per heavy atom. The minimum absolute atomic E-state index is 0.883. The molecular weight excluding hydrogens is 658 g/mol. The summed E-state index contributed by atoms with van der Waals surface area (Å²) in [5, 5.41) is 9.90. The third-order valence-electron chi connectivity index (χ3n) is 5.13. The van der Waals surface area contributed by atoms with Gasteiger partial charge in [-0.05, 0) is 0 Å². The summed E-state index contributed by atoms with van der Waals surface area (Å²) in [6, 6.07) is 20.4. The molecule has 2 aromatic rings. The van der Waals surface area contributed by atoms with Crippen molar-refractivity contribution in [2.24, 2.45) is 10.2 Å². The first kappa shape index (κ1) is 19.7. The van der Waals surface area contributed by atoms with Crippen molar-refractivity contribution < 1.29 is 0 Å². The number of fused-ring (bicyclic) bond motifs is 4. The van der Waals surface area contributed by atoms with Crippen LogP contribution in [0.4, 0.5) is 0 Å². The molecule has 0 saturated carbocycles. The van der Waals surface area contributed by atoms with Crippen molar-refractivity contribution in [3.05, 3.63) is 71.8 Å². The standard InChI is InChI=1S/C16H16Br4N6P2/c1-23-21-15(13-9-5-3-6-10-13)25-27(23,17,18)26-16(14-11-7-4-8-12-14)22-24(2)28(25,26,19)20/h3-12H,1-2H3. The van der Waals surface area contributed by atoms with Crippen LogP contribution in [-0.2, 0) is 0 Å². The molecule has 12 heteroatoms.